The van der Waals surface area contributed by atoms with Gasteiger partial charge < -0.3 is 9.80 Å². The highest BCUT2D eigenvalue weighted by Gasteiger charge is 2.25. The Labute approximate surface area is 405 Å². The Hall–Kier alpha value is -6.84. The molecule has 0 fully saturated rings. The third-order valence-corrected chi connectivity index (χ3v) is 19.7. The average Bonchev–Trinajstić information content (AvgIpc) is 4.21. The second kappa shape index (κ2) is 14.8. The Morgan fingerprint density at radius 3 is 1.16 bits per heavy atom. The summed E-state index contributed by atoms with van der Waals surface area (Å²) in [6.07, 6.45) is 6.89. The monoisotopic (exact) mass is 944 g/mol. The van der Waals surface area contributed by atoms with Crippen LogP contribution in [0.2, 0.25) is 0 Å². The number of nitrogens with zero attached hydrogens (tertiary/aromatic N) is 2. The van der Waals surface area contributed by atoms with Crippen molar-refractivity contribution in [1.29, 1.82) is 0 Å². The first kappa shape index (κ1) is 38.3. The van der Waals surface area contributed by atoms with Crippen LogP contribution in [-0.4, -0.2) is 0 Å². The fraction of sp³-hybridized carbons (Fsp3) is 0.0333. The predicted molar refractivity (Wildman–Crippen MR) is 300 cm³/mol. The van der Waals surface area contributed by atoms with Crippen LogP contribution in [-0.2, 0) is 6.42 Å². The molecule has 5 aromatic heterocycles. The minimum atomic E-state index is 1.10. The maximum Gasteiger partial charge on any atom is 0.0640 e. The SMILES string of the molecule is C1=Cc2c(sc3c(N(c4ccc5c(c4)sc4cc(N(c6cccc7c6sc6ccccc67)c6cccc7c6sc6ccccc67)ccc45)c4cccc5c4sc4ccccc45)cccc23)CC1. The zero-order valence-corrected chi connectivity index (χ0v) is 39.9. The Morgan fingerprint density at radius 1 is 0.313 bits per heavy atom. The summed E-state index contributed by atoms with van der Waals surface area (Å²) in [6, 6.07) is 68.4. The van der Waals surface area contributed by atoms with Gasteiger partial charge in [-0.1, -0.05) is 127 Å². The maximum atomic E-state index is 2.56. The molecule has 5 heterocycles. The fourth-order valence-electron chi connectivity index (χ4n) is 10.7. The molecule has 0 unspecified atom stereocenters. The number of hydrogen-bond acceptors (Lipinski definition) is 7. The molecule has 7 heteroatoms. The lowest BCUT2D eigenvalue weighted by molar-refractivity contribution is 1.02. The van der Waals surface area contributed by atoms with Crippen LogP contribution < -0.4 is 9.80 Å². The first-order valence-electron chi connectivity index (χ1n) is 22.7. The third-order valence-electron chi connectivity index (χ3n) is 13.7. The summed E-state index contributed by atoms with van der Waals surface area (Å²) in [7, 11) is 0. The number of rotatable bonds is 6. The molecule has 0 spiro atoms. The van der Waals surface area contributed by atoms with Crippen molar-refractivity contribution in [2.75, 3.05) is 9.80 Å². The van der Waals surface area contributed by atoms with Gasteiger partial charge in [-0.05, 0) is 85.1 Å². The standard InChI is InChI=1S/C60H36N2S5/c1-5-25-51-37(13-1)43-17-9-21-47(57(43)64-51)61(48-22-10-18-44-38-14-2-6-26-52(38)65-58(44)48)35-29-31-41-42-32-30-36(34-56(42)63-55(41)33-35)62(49-23-11-19-45-39-15-3-7-27-53(39)66-59(45)49)50-24-12-20-46-40-16-4-8-28-54(40)67-60(46)50/h1-7,9-27,29-34H,8,28H2. The normalized spacial score (nSPS) is 12.9. The van der Waals surface area contributed by atoms with Gasteiger partial charge in [0.25, 0.3) is 0 Å². The molecular weight excluding hydrogens is 909 g/mol. The molecule has 15 rings (SSSR count). The van der Waals surface area contributed by atoms with Crippen LogP contribution in [0.5, 0.6) is 0 Å². The van der Waals surface area contributed by atoms with Gasteiger partial charge in [0.1, 0.15) is 0 Å². The van der Waals surface area contributed by atoms with E-state index in [4.69, 9.17) is 0 Å². The fourth-order valence-corrected chi connectivity index (χ4v) is 16.8. The minimum absolute atomic E-state index is 1.10. The Kier molecular flexibility index (Phi) is 8.47. The summed E-state index contributed by atoms with van der Waals surface area (Å²) >= 11 is 9.56. The number of hydrogen-bond donors (Lipinski definition) is 0. The van der Waals surface area contributed by atoms with Crippen molar-refractivity contribution in [2.45, 2.75) is 12.8 Å². The molecule has 0 saturated carbocycles. The molecule has 67 heavy (non-hydrogen) atoms. The minimum Gasteiger partial charge on any atom is -0.308 e. The van der Waals surface area contributed by atoms with E-state index in [1.165, 1.54) is 130 Å². The van der Waals surface area contributed by atoms with E-state index in [-0.39, 0.29) is 0 Å². The van der Waals surface area contributed by atoms with E-state index in [0.29, 0.717) is 0 Å². The van der Waals surface area contributed by atoms with E-state index in [9.17, 15) is 0 Å². The van der Waals surface area contributed by atoms with Crippen LogP contribution in [0.3, 0.4) is 0 Å². The number of thiophene rings is 5. The Morgan fingerprint density at radius 2 is 0.701 bits per heavy atom. The van der Waals surface area contributed by atoms with Gasteiger partial charge in [-0.25, -0.2) is 0 Å². The first-order chi connectivity index (χ1) is 33.2. The molecule has 0 N–H and O–H groups in total. The number of aryl methyl sites for hydroxylation is 1. The van der Waals surface area contributed by atoms with Crippen molar-refractivity contribution in [3.05, 3.63) is 199 Å². The molecule has 1 aliphatic rings. The van der Waals surface area contributed by atoms with E-state index in [1.807, 2.05) is 56.7 Å². The van der Waals surface area contributed by atoms with Gasteiger partial charge in [0.15, 0.2) is 0 Å². The summed E-state index contributed by atoms with van der Waals surface area (Å²) in [5.74, 6) is 0. The van der Waals surface area contributed by atoms with Crippen LogP contribution in [0.15, 0.2) is 188 Å². The number of fused-ring (bicyclic) bond motifs is 15. The van der Waals surface area contributed by atoms with Crippen molar-refractivity contribution in [3.63, 3.8) is 0 Å². The molecule has 0 radical (unpaired) electrons. The third kappa shape index (κ3) is 5.76. The quantitative estimate of drug-likeness (QED) is 0.164. The molecule has 1 aliphatic carbocycles. The number of anilines is 6. The molecule has 316 valence electrons. The van der Waals surface area contributed by atoms with Crippen molar-refractivity contribution in [2.24, 2.45) is 0 Å². The van der Waals surface area contributed by atoms with Gasteiger partial charge in [-0.2, -0.15) is 0 Å². The van der Waals surface area contributed by atoms with Crippen molar-refractivity contribution >= 4 is 188 Å². The molecule has 2 nitrogen and oxygen atoms in total. The van der Waals surface area contributed by atoms with Gasteiger partial charge in [-0.15, -0.1) is 56.7 Å². The lowest BCUT2D eigenvalue weighted by Gasteiger charge is -2.27. The zero-order chi connectivity index (χ0) is 43.7. The summed E-state index contributed by atoms with van der Waals surface area (Å²) in [5, 5.41) is 11.8. The molecular formula is C60H36N2S5. The highest BCUT2D eigenvalue weighted by Crippen LogP contribution is 2.52. The van der Waals surface area contributed by atoms with Gasteiger partial charge in [-0.3, -0.25) is 0 Å². The second-order valence-electron chi connectivity index (χ2n) is 17.4. The van der Waals surface area contributed by atoms with E-state index in [2.05, 4.69) is 204 Å². The van der Waals surface area contributed by atoms with E-state index in [1.54, 1.807) is 0 Å². The molecule has 0 saturated heterocycles. The highest BCUT2D eigenvalue weighted by atomic mass is 32.1. The smallest absolute Gasteiger partial charge is 0.0640 e. The molecule has 0 aliphatic heterocycles. The van der Waals surface area contributed by atoms with Crippen molar-refractivity contribution in [1.82, 2.24) is 0 Å². The molecule has 14 aromatic rings. The van der Waals surface area contributed by atoms with Crippen molar-refractivity contribution in [3.8, 4) is 0 Å². The number of allylic oxidation sites excluding steroid dienone is 1. The lowest BCUT2D eigenvalue weighted by atomic mass is 10.0. The molecule has 0 bridgehead atoms. The predicted octanol–water partition coefficient (Wildman–Crippen LogP) is 20.3. The van der Waals surface area contributed by atoms with Crippen LogP contribution in [0.25, 0.3) is 96.9 Å². The topological polar surface area (TPSA) is 6.48 Å². The van der Waals surface area contributed by atoms with Crippen LogP contribution in [0.4, 0.5) is 34.1 Å². The Balaban J connectivity index is 0.941. The van der Waals surface area contributed by atoms with E-state index in [0.717, 1.165) is 18.5 Å². The van der Waals surface area contributed by atoms with Crippen molar-refractivity contribution < 1.29 is 0 Å². The summed E-state index contributed by atoms with van der Waals surface area (Å²) < 4.78 is 11.8. The molecule has 9 aromatic carbocycles. The average molecular weight is 945 g/mol. The van der Waals surface area contributed by atoms with Gasteiger partial charge >= 0.3 is 0 Å². The molecule has 0 atom stereocenters. The summed E-state index contributed by atoms with van der Waals surface area (Å²) in [4.78, 5) is 6.58. The van der Waals surface area contributed by atoms with Gasteiger partial charge in [0.05, 0.1) is 41.5 Å². The summed E-state index contributed by atoms with van der Waals surface area (Å²) in [6.45, 7) is 0. The van der Waals surface area contributed by atoms with E-state index < -0.39 is 0 Å². The van der Waals surface area contributed by atoms with Gasteiger partial charge in [0, 0.05) is 88.2 Å². The summed E-state index contributed by atoms with van der Waals surface area (Å²) in [5.41, 5.74) is 8.60. The molecule has 0 amide bonds. The largest absolute Gasteiger partial charge is 0.308 e. The van der Waals surface area contributed by atoms with Gasteiger partial charge in [0.2, 0.25) is 0 Å². The van der Waals surface area contributed by atoms with Crippen LogP contribution >= 0.6 is 56.7 Å². The van der Waals surface area contributed by atoms with Crippen LogP contribution in [0, 0.1) is 0 Å². The highest BCUT2D eigenvalue weighted by molar-refractivity contribution is 7.27. The lowest BCUT2D eigenvalue weighted by Crippen LogP contribution is -2.10. The number of benzene rings is 9. The first-order valence-corrected chi connectivity index (χ1v) is 26.8. The maximum absolute atomic E-state index is 2.56. The Bertz CT molecular complexity index is 4270. The van der Waals surface area contributed by atoms with E-state index >= 15 is 0 Å². The van der Waals surface area contributed by atoms with Crippen LogP contribution in [0.1, 0.15) is 16.9 Å². The second-order valence-corrected chi connectivity index (χ2v) is 22.8. The zero-order valence-electron chi connectivity index (χ0n) is 35.8.